The second-order valence-corrected chi connectivity index (χ2v) is 5.34. The summed E-state index contributed by atoms with van der Waals surface area (Å²) in [5.74, 6) is -0.165. The van der Waals surface area contributed by atoms with E-state index in [-0.39, 0.29) is 11.9 Å². The molecule has 1 amide bonds. The molecule has 0 heterocycles. The number of nitrogens with two attached hydrogens (primary N) is 1. The number of hydrogen-bond acceptors (Lipinski definition) is 3. The lowest BCUT2D eigenvalue weighted by molar-refractivity contribution is -0.127. The Hall–Kier alpha value is -1.39. The standard InChI is InChI=1S/C16H26N2O2/c1-4-5-11-14(12-20-3)18-15(19)16(2,17)13-9-7-6-8-10-13/h6-10,14H,4-5,11-12,17H2,1-3H3,(H,18,19). The molecule has 0 spiro atoms. The summed E-state index contributed by atoms with van der Waals surface area (Å²) in [4.78, 5) is 12.4. The van der Waals surface area contributed by atoms with Crippen LogP contribution in [0.5, 0.6) is 0 Å². The average Bonchev–Trinajstić information content (AvgIpc) is 2.45. The number of hydrogen-bond donors (Lipinski definition) is 2. The van der Waals surface area contributed by atoms with Gasteiger partial charge in [0.05, 0.1) is 12.6 Å². The zero-order valence-corrected chi connectivity index (χ0v) is 12.7. The van der Waals surface area contributed by atoms with Crippen molar-refractivity contribution < 1.29 is 9.53 Å². The third-order valence-electron chi connectivity index (χ3n) is 3.45. The normalized spacial score (nSPS) is 15.4. The highest BCUT2D eigenvalue weighted by atomic mass is 16.5. The van der Waals surface area contributed by atoms with Crippen molar-refractivity contribution in [3.63, 3.8) is 0 Å². The number of benzene rings is 1. The lowest BCUT2D eigenvalue weighted by Gasteiger charge is -2.27. The average molecular weight is 278 g/mol. The topological polar surface area (TPSA) is 64.3 Å². The van der Waals surface area contributed by atoms with E-state index in [1.807, 2.05) is 30.3 Å². The molecule has 0 saturated carbocycles. The largest absolute Gasteiger partial charge is 0.383 e. The third-order valence-corrected chi connectivity index (χ3v) is 3.45. The van der Waals surface area contributed by atoms with Gasteiger partial charge in [-0.25, -0.2) is 0 Å². The van der Waals surface area contributed by atoms with Crippen LogP contribution in [0.1, 0.15) is 38.7 Å². The molecule has 0 fully saturated rings. The molecule has 0 saturated heterocycles. The number of carbonyl (C=O) groups excluding carboxylic acids is 1. The molecule has 1 aromatic carbocycles. The van der Waals surface area contributed by atoms with Crippen molar-refractivity contribution in [1.82, 2.24) is 5.32 Å². The van der Waals surface area contributed by atoms with Crippen molar-refractivity contribution in [3.8, 4) is 0 Å². The first-order valence-electron chi connectivity index (χ1n) is 7.16. The Morgan fingerprint density at radius 3 is 2.60 bits per heavy atom. The first-order chi connectivity index (χ1) is 9.52. The highest BCUT2D eigenvalue weighted by Crippen LogP contribution is 2.18. The van der Waals surface area contributed by atoms with Gasteiger partial charge in [0.15, 0.2) is 0 Å². The van der Waals surface area contributed by atoms with Crippen LogP contribution in [0.2, 0.25) is 0 Å². The van der Waals surface area contributed by atoms with Crippen LogP contribution >= 0.6 is 0 Å². The summed E-state index contributed by atoms with van der Waals surface area (Å²) < 4.78 is 5.16. The van der Waals surface area contributed by atoms with Crippen LogP contribution in [-0.2, 0) is 15.1 Å². The summed E-state index contributed by atoms with van der Waals surface area (Å²) in [6.45, 7) is 4.38. The van der Waals surface area contributed by atoms with Crippen LogP contribution in [-0.4, -0.2) is 25.7 Å². The van der Waals surface area contributed by atoms with Crippen molar-refractivity contribution in [2.45, 2.75) is 44.7 Å². The molecule has 0 aliphatic rings. The number of unbranched alkanes of at least 4 members (excludes halogenated alkanes) is 1. The van der Waals surface area contributed by atoms with Gasteiger partial charge in [-0.15, -0.1) is 0 Å². The van der Waals surface area contributed by atoms with E-state index < -0.39 is 5.54 Å². The Bertz CT molecular complexity index is 404. The fourth-order valence-corrected chi connectivity index (χ4v) is 2.10. The third kappa shape index (κ3) is 4.62. The SMILES string of the molecule is CCCCC(COC)NC(=O)C(C)(N)c1ccccc1. The van der Waals surface area contributed by atoms with Gasteiger partial charge < -0.3 is 15.8 Å². The Morgan fingerprint density at radius 1 is 1.40 bits per heavy atom. The van der Waals surface area contributed by atoms with Gasteiger partial charge in [-0.1, -0.05) is 50.1 Å². The van der Waals surface area contributed by atoms with E-state index in [9.17, 15) is 4.79 Å². The summed E-state index contributed by atoms with van der Waals surface area (Å²) in [6.07, 6.45) is 3.05. The Morgan fingerprint density at radius 2 is 2.05 bits per heavy atom. The summed E-state index contributed by atoms with van der Waals surface area (Å²) in [7, 11) is 1.64. The molecule has 1 aromatic rings. The Kier molecular flexibility index (Phi) is 6.68. The van der Waals surface area contributed by atoms with Crippen LogP contribution in [0.3, 0.4) is 0 Å². The summed E-state index contributed by atoms with van der Waals surface area (Å²) in [5.41, 5.74) is 5.98. The van der Waals surface area contributed by atoms with Crippen molar-refractivity contribution in [3.05, 3.63) is 35.9 Å². The van der Waals surface area contributed by atoms with E-state index in [0.29, 0.717) is 6.61 Å². The number of amides is 1. The molecule has 20 heavy (non-hydrogen) atoms. The van der Waals surface area contributed by atoms with Gasteiger partial charge in [0.1, 0.15) is 5.54 Å². The van der Waals surface area contributed by atoms with Gasteiger partial charge >= 0.3 is 0 Å². The van der Waals surface area contributed by atoms with E-state index >= 15 is 0 Å². The van der Waals surface area contributed by atoms with Gasteiger partial charge in [-0.2, -0.15) is 0 Å². The molecule has 0 aliphatic heterocycles. The smallest absolute Gasteiger partial charge is 0.244 e. The fraction of sp³-hybridized carbons (Fsp3) is 0.562. The zero-order chi connectivity index (χ0) is 15.0. The number of methoxy groups -OCH3 is 1. The molecular weight excluding hydrogens is 252 g/mol. The van der Waals surface area contributed by atoms with Gasteiger partial charge in [0, 0.05) is 7.11 Å². The van der Waals surface area contributed by atoms with Crippen molar-refractivity contribution in [1.29, 1.82) is 0 Å². The Labute approximate surface area is 121 Å². The molecule has 2 atom stereocenters. The molecule has 112 valence electrons. The van der Waals surface area contributed by atoms with E-state index in [1.54, 1.807) is 14.0 Å². The van der Waals surface area contributed by atoms with Crippen LogP contribution < -0.4 is 11.1 Å². The highest BCUT2D eigenvalue weighted by molar-refractivity contribution is 5.87. The van der Waals surface area contributed by atoms with E-state index in [4.69, 9.17) is 10.5 Å². The molecule has 4 heteroatoms. The van der Waals surface area contributed by atoms with Crippen LogP contribution in [0.4, 0.5) is 0 Å². The van der Waals surface area contributed by atoms with Crippen LogP contribution in [0, 0.1) is 0 Å². The van der Waals surface area contributed by atoms with Crippen molar-refractivity contribution in [2.75, 3.05) is 13.7 Å². The van der Waals surface area contributed by atoms with E-state index in [2.05, 4.69) is 12.2 Å². The number of carbonyl (C=O) groups is 1. The van der Waals surface area contributed by atoms with E-state index in [1.165, 1.54) is 0 Å². The maximum Gasteiger partial charge on any atom is 0.244 e. The summed E-state index contributed by atoms with van der Waals surface area (Å²) in [6, 6.07) is 9.44. The number of nitrogens with one attached hydrogen (secondary N) is 1. The van der Waals surface area contributed by atoms with E-state index in [0.717, 1.165) is 24.8 Å². The molecule has 0 aromatic heterocycles. The monoisotopic (exact) mass is 278 g/mol. The molecule has 2 unspecified atom stereocenters. The van der Waals surface area contributed by atoms with Gasteiger partial charge in [0.25, 0.3) is 0 Å². The molecule has 1 rings (SSSR count). The quantitative estimate of drug-likeness (QED) is 0.766. The maximum atomic E-state index is 12.4. The first-order valence-corrected chi connectivity index (χ1v) is 7.16. The Balaban J connectivity index is 2.71. The molecule has 0 bridgehead atoms. The number of ether oxygens (including phenoxy) is 1. The first kappa shape index (κ1) is 16.7. The minimum Gasteiger partial charge on any atom is -0.383 e. The fourth-order valence-electron chi connectivity index (χ4n) is 2.10. The van der Waals surface area contributed by atoms with Gasteiger partial charge in [0.2, 0.25) is 5.91 Å². The second-order valence-electron chi connectivity index (χ2n) is 5.34. The van der Waals surface area contributed by atoms with Gasteiger partial charge in [-0.05, 0) is 18.9 Å². The summed E-state index contributed by atoms with van der Waals surface area (Å²) >= 11 is 0. The minimum absolute atomic E-state index is 0.0130. The minimum atomic E-state index is -1.03. The number of rotatable bonds is 8. The van der Waals surface area contributed by atoms with Crippen LogP contribution in [0.15, 0.2) is 30.3 Å². The molecular formula is C16H26N2O2. The molecule has 0 radical (unpaired) electrons. The predicted octanol–water partition coefficient (Wildman–Crippen LogP) is 2.18. The maximum absolute atomic E-state index is 12.4. The summed E-state index contributed by atoms with van der Waals surface area (Å²) in [5, 5.41) is 3.00. The van der Waals surface area contributed by atoms with Crippen LogP contribution in [0.25, 0.3) is 0 Å². The lowest BCUT2D eigenvalue weighted by Crippen LogP contribution is -2.52. The molecule has 4 nitrogen and oxygen atoms in total. The molecule has 3 N–H and O–H groups in total. The van der Waals surface area contributed by atoms with Crippen molar-refractivity contribution >= 4 is 5.91 Å². The highest BCUT2D eigenvalue weighted by Gasteiger charge is 2.31. The predicted molar refractivity (Wildman–Crippen MR) is 81.3 cm³/mol. The van der Waals surface area contributed by atoms with Gasteiger partial charge in [-0.3, -0.25) is 4.79 Å². The lowest BCUT2D eigenvalue weighted by atomic mass is 9.92. The second kappa shape index (κ2) is 8.02. The molecule has 0 aliphatic carbocycles. The zero-order valence-electron chi connectivity index (χ0n) is 12.7. The van der Waals surface area contributed by atoms with Crippen molar-refractivity contribution in [2.24, 2.45) is 5.73 Å².